The number of hydrogen-bond donors (Lipinski definition) is 1. The Morgan fingerprint density at radius 3 is 2.46 bits per heavy atom. The Morgan fingerprint density at radius 2 is 1.77 bits per heavy atom. The molecule has 3 heterocycles. The van der Waals surface area contributed by atoms with Crippen molar-refractivity contribution in [2.75, 3.05) is 26.2 Å². The second-order valence-electron chi connectivity index (χ2n) is 9.81. The molecule has 35 heavy (non-hydrogen) atoms. The number of nitrogens with zero attached hydrogens (tertiary/aromatic N) is 4. The van der Waals surface area contributed by atoms with Crippen LogP contribution in [0.4, 0.5) is 0 Å². The molecule has 2 aromatic carbocycles. The lowest BCUT2D eigenvalue weighted by Gasteiger charge is -2.57. The van der Waals surface area contributed by atoms with E-state index in [0.29, 0.717) is 13.1 Å². The van der Waals surface area contributed by atoms with E-state index >= 15 is 0 Å². The van der Waals surface area contributed by atoms with E-state index in [9.17, 15) is 13.5 Å². The standard InChI is InChI=1S/C27H34N4O3S/c1-19-7-6-8-23(20(19)2)21-9-11-22(12-10-21)27-24-17-30(15-4-5-16-31(24)25(27)18-32)35(33,34)26-13-14-28-29(26)3/h6-14,24-25,27,32H,4-5,15-18H2,1-3H3/t24?,25-,27+/m1/s1. The number of benzene rings is 2. The summed E-state index contributed by atoms with van der Waals surface area (Å²) in [4.78, 5) is 2.30. The van der Waals surface area contributed by atoms with Crippen molar-refractivity contribution in [1.29, 1.82) is 0 Å². The van der Waals surface area contributed by atoms with Gasteiger partial charge in [-0.2, -0.15) is 9.40 Å². The van der Waals surface area contributed by atoms with Gasteiger partial charge >= 0.3 is 0 Å². The van der Waals surface area contributed by atoms with Crippen LogP contribution in [0.5, 0.6) is 0 Å². The van der Waals surface area contributed by atoms with Gasteiger partial charge in [0.15, 0.2) is 5.03 Å². The van der Waals surface area contributed by atoms with Gasteiger partial charge in [-0.3, -0.25) is 9.58 Å². The normalized spacial score (nSPS) is 23.8. The fraction of sp³-hybridized carbons (Fsp3) is 0.444. The molecule has 0 aliphatic carbocycles. The van der Waals surface area contributed by atoms with Crippen molar-refractivity contribution in [3.8, 4) is 11.1 Å². The van der Waals surface area contributed by atoms with E-state index in [1.54, 1.807) is 17.4 Å². The van der Waals surface area contributed by atoms with Gasteiger partial charge in [0, 0.05) is 38.1 Å². The predicted molar refractivity (Wildman–Crippen MR) is 137 cm³/mol. The molecule has 2 aliphatic rings. The van der Waals surface area contributed by atoms with Crippen LogP contribution in [-0.2, 0) is 17.1 Å². The van der Waals surface area contributed by atoms with Gasteiger partial charge in [-0.05, 0) is 67.1 Å². The fourth-order valence-electron chi connectivity index (χ4n) is 5.82. The van der Waals surface area contributed by atoms with E-state index in [1.165, 1.54) is 33.1 Å². The van der Waals surface area contributed by atoms with Crippen LogP contribution in [0.15, 0.2) is 59.8 Å². The second-order valence-corrected chi connectivity index (χ2v) is 11.7. The van der Waals surface area contributed by atoms with Crippen LogP contribution in [0.2, 0.25) is 0 Å². The molecular formula is C27H34N4O3S. The molecule has 1 unspecified atom stereocenters. The summed E-state index contributed by atoms with van der Waals surface area (Å²) in [6, 6.07) is 16.6. The molecule has 3 aromatic rings. The molecule has 2 aliphatic heterocycles. The van der Waals surface area contributed by atoms with Crippen LogP contribution >= 0.6 is 0 Å². The smallest absolute Gasteiger partial charge is 0.260 e. The van der Waals surface area contributed by atoms with Gasteiger partial charge in [0.05, 0.1) is 12.8 Å². The first-order valence-electron chi connectivity index (χ1n) is 12.3. The van der Waals surface area contributed by atoms with E-state index in [-0.39, 0.29) is 29.6 Å². The minimum Gasteiger partial charge on any atom is -0.395 e. The number of aromatic nitrogens is 2. The summed E-state index contributed by atoms with van der Waals surface area (Å²) in [5.74, 6) is 0.0787. The van der Waals surface area contributed by atoms with E-state index in [4.69, 9.17) is 0 Å². The zero-order chi connectivity index (χ0) is 24.7. The van der Waals surface area contributed by atoms with Crippen molar-refractivity contribution in [3.63, 3.8) is 0 Å². The Kier molecular flexibility index (Phi) is 6.57. The SMILES string of the molecule is Cc1cccc(-c2ccc([C@H]3C4CN(S(=O)(=O)c5ccnn5C)CCCCN4[C@@H]3CO)cc2)c1C. The Labute approximate surface area is 208 Å². The summed E-state index contributed by atoms with van der Waals surface area (Å²) < 4.78 is 30.0. The topological polar surface area (TPSA) is 78.7 Å². The Hall–Kier alpha value is -2.52. The van der Waals surface area contributed by atoms with E-state index in [1.807, 2.05) is 0 Å². The summed E-state index contributed by atoms with van der Waals surface area (Å²) >= 11 is 0. The van der Waals surface area contributed by atoms with Gasteiger partial charge in [0.2, 0.25) is 0 Å². The lowest BCUT2D eigenvalue weighted by atomic mass is 9.74. The van der Waals surface area contributed by atoms with E-state index < -0.39 is 10.0 Å². The molecule has 5 rings (SSSR count). The zero-order valence-electron chi connectivity index (χ0n) is 20.6. The van der Waals surface area contributed by atoms with Crippen molar-refractivity contribution >= 4 is 10.0 Å². The molecule has 7 nitrogen and oxygen atoms in total. The van der Waals surface area contributed by atoms with Crippen molar-refractivity contribution in [2.24, 2.45) is 7.05 Å². The summed E-state index contributed by atoms with van der Waals surface area (Å²) in [5, 5.41) is 14.5. The molecule has 3 atom stereocenters. The van der Waals surface area contributed by atoms with Gasteiger partial charge in [-0.15, -0.1) is 0 Å². The monoisotopic (exact) mass is 494 g/mol. The zero-order valence-corrected chi connectivity index (χ0v) is 21.4. The molecule has 0 bridgehead atoms. The highest BCUT2D eigenvalue weighted by atomic mass is 32.2. The van der Waals surface area contributed by atoms with E-state index in [2.05, 4.69) is 66.3 Å². The minimum absolute atomic E-state index is 0.00547. The van der Waals surface area contributed by atoms with Gasteiger partial charge in [0.25, 0.3) is 10.0 Å². The third kappa shape index (κ3) is 4.22. The molecule has 0 spiro atoms. The average Bonchev–Trinajstić information content (AvgIpc) is 3.27. The highest BCUT2D eigenvalue weighted by Crippen LogP contribution is 2.43. The van der Waals surface area contributed by atoms with Crippen molar-refractivity contribution in [1.82, 2.24) is 19.0 Å². The van der Waals surface area contributed by atoms with Gasteiger partial charge in [-0.1, -0.05) is 42.5 Å². The maximum atomic E-state index is 13.5. The third-order valence-electron chi connectivity index (χ3n) is 7.92. The molecule has 0 radical (unpaired) electrons. The average molecular weight is 495 g/mol. The summed E-state index contributed by atoms with van der Waals surface area (Å²) in [7, 11) is -1.99. The molecule has 2 fully saturated rings. The fourth-order valence-corrected chi connectivity index (χ4v) is 7.42. The first kappa shape index (κ1) is 24.2. The van der Waals surface area contributed by atoms with Gasteiger partial charge in [-0.25, -0.2) is 8.42 Å². The van der Waals surface area contributed by atoms with Gasteiger partial charge in [0.1, 0.15) is 0 Å². The van der Waals surface area contributed by atoms with Crippen LogP contribution in [0.1, 0.15) is 35.4 Å². The molecule has 2 saturated heterocycles. The highest BCUT2D eigenvalue weighted by molar-refractivity contribution is 7.89. The largest absolute Gasteiger partial charge is 0.395 e. The van der Waals surface area contributed by atoms with Crippen molar-refractivity contribution < 1.29 is 13.5 Å². The maximum absolute atomic E-state index is 13.5. The lowest BCUT2D eigenvalue weighted by Crippen LogP contribution is -2.67. The predicted octanol–water partition coefficient (Wildman–Crippen LogP) is 3.32. The third-order valence-corrected chi connectivity index (χ3v) is 9.86. The molecule has 186 valence electrons. The van der Waals surface area contributed by atoms with E-state index in [0.717, 1.165) is 24.9 Å². The first-order valence-corrected chi connectivity index (χ1v) is 13.8. The van der Waals surface area contributed by atoms with Crippen LogP contribution < -0.4 is 0 Å². The van der Waals surface area contributed by atoms with Crippen LogP contribution in [0.25, 0.3) is 11.1 Å². The molecule has 0 amide bonds. The summed E-state index contributed by atoms with van der Waals surface area (Å²) in [6.07, 6.45) is 3.23. The molecule has 1 N–H and O–H groups in total. The van der Waals surface area contributed by atoms with Crippen LogP contribution in [0.3, 0.4) is 0 Å². The number of aryl methyl sites for hydroxylation is 2. The maximum Gasteiger partial charge on any atom is 0.260 e. The number of rotatable bonds is 5. The summed E-state index contributed by atoms with van der Waals surface area (Å²) in [5.41, 5.74) is 6.09. The first-order chi connectivity index (χ1) is 16.8. The summed E-state index contributed by atoms with van der Waals surface area (Å²) in [6.45, 7) is 6.13. The number of aliphatic hydroxyl groups is 1. The van der Waals surface area contributed by atoms with Crippen molar-refractivity contribution in [3.05, 3.63) is 71.4 Å². The quantitative estimate of drug-likeness (QED) is 0.589. The number of aliphatic hydroxyl groups excluding tert-OH is 1. The minimum atomic E-state index is -3.65. The molecular weight excluding hydrogens is 460 g/mol. The van der Waals surface area contributed by atoms with Crippen molar-refractivity contribution in [2.45, 2.75) is 49.7 Å². The van der Waals surface area contributed by atoms with Gasteiger partial charge < -0.3 is 5.11 Å². The number of fused-ring (bicyclic) bond motifs is 1. The Bertz CT molecular complexity index is 1300. The van der Waals surface area contributed by atoms with Crippen LogP contribution in [0, 0.1) is 13.8 Å². The molecule has 1 aromatic heterocycles. The van der Waals surface area contributed by atoms with Crippen LogP contribution in [-0.4, -0.2) is 70.8 Å². The molecule has 0 saturated carbocycles. The number of hydrogen-bond acceptors (Lipinski definition) is 5. The Balaban J connectivity index is 1.44. The number of sulfonamides is 1. The highest BCUT2D eigenvalue weighted by Gasteiger charge is 2.50. The lowest BCUT2D eigenvalue weighted by molar-refractivity contribution is -0.0554. The molecule has 8 heteroatoms. The Morgan fingerprint density at radius 1 is 1.03 bits per heavy atom. The second kappa shape index (κ2) is 9.50.